The molecule has 0 saturated carbocycles. The highest BCUT2D eigenvalue weighted by molar-refractivity contribution is 5.95. The summed E-state index contributed by atoms with van der Waals surface area (Å²) in [6, 6.07) is 0.334. The Bertz CT molecular complexity index is 698. The standard InChI is InChI=1S/C17H27N5O5/c1-16(2,3)26-13(24)11(20-15(25)27-17(4,5)6)10-12(23)21-14(18)22-9-7-8-19-22/h7-9,11H,10H2,1-6H3,(H,20,25)(H2,18,21,23)/t11-/m0/s1. The topological polar surface area (TPSA) is 138 Å². The van der Waals surface area contributed by atoms with Gasteiger partial charge in [0.1, 0.15) is 17.2 Å². The molecule has 0 unspecified atom stereocenters. The van der Waals surface area contributed by atoms with Crippen LogP contribution in [0.1, 0.15) is 48.0 Å². The molecule has 150 valence electrons. The van der Waals surface area contributed by atoms with Gasteiger partial charge in [-0.05, 0) is 47.6 Å². The highest BCUT2D eigenvalue weighted by atomic mass is 16.6. The van der Waals surface area contributed by atoms with Crippen molar-refractivity contribution >= 4 is 23.9 Å². The first-order valence-corrected chi connectivity index (χ1v) is 8.36. The van der Waals surface area contributed by atoms with Crippen LogP contribution in [0, 0.1) is 0 Å². The van der Waals surface area contributed by atoms with E-state index in [1.807, 2.05) is 0 Å². The lowest BCUT2D eigenvalue weighted by Crippen LogP contribution is -2.47. The average Bonchev–Trinajstić information content (AvgIpc) is 2.96. The molecule has 0 aliphatic rings. The number of carbonyl (C=O) groups excluding carboxylic acids is 3. The Labute approximate surface area is 158 Å². The summed E-state index contributed by atoms with van der Waals surface area (Å²) in [5.41, 5.74) is 4.11. The minimum atomic E-state index is -1.28. The number of nitrogens with two attached hydrogens (primary N) is 1. The zero-order chi connectivity index (χ0) is 20.8. The molecule has 0 aliphatic heterocycles. The lowest BCUT2D eigenvalue weighted by molar-refractivity contribution is -0.158. The monoisotopic (exact) mass is 381 g/mol. The fraction of sp³-hybridized carbons (Fsp3) is 0.588. The Balaban J connectivity index is 2.89. The smallest absolute Gasteiger partial charge is 0.408 e. The maximum absolute atomic E-state index is 12.4. The van der Waals surface area contributed by atoms with Crippen LogP contribution in [-0.4, -0.2) is 51.0 Å². The molecule has 1 atom stereocenters. The number of esters is 1. The first-order chi connectivity index (χ1) is 12.3. The molecule has 0 aliphatic carbocycles. The Kier molecular flexibility index (Phi) is 7.09. The van der Waals surface area contributed by atoms with E-state index in [4.69, 9.17) is 15.2 Å². The van der Waals surface area contributed by atoms with Gasteiger partial charge in [-0.25, -0.2) is 14.3 Å². The van der Waals surface area contributed by atoms with E-state index >= 15 is 0 Å². The lowest BCUT2D eigenvalue weighted by Gasteiger charge is -2.25. The van der Waals surface area contributed by atoms with E-state index in [2.05, 4.69) is 15.4 Å². The van der Waals surface area contributed by atoms with Crippen LogP contribution >= 0.6 is 0 Å². The van der Waals surface area contributed by atoms with Gasteiger partial charge < -0.3 is 20.5 Å². The van der Waals surface area contributed by atoms with Crippen molar-refractivity contribution in [2.45, 2.75) is 65.2 Å². The van der Waals surface area contributed by atoms with Crippen LogP contribution < -0.4 is 11.1 Å². The van der Waals surface area contributed by atoms with E-state index < -0.39 is 41.6 Å². The third-order valence-corrected chi connectivity index (χ3v) is 2.74. The van der Waals surface area contributed by atoms with Gasteiger partial charge in [0.25, 0.3) is 5.91 Å². The van der Waals surface area contributed by atoms with Gasteiger partial charge in [-0.3, -0.25) is 4.79 Å². The molecule has 0 spiro atoms. The number of amides is 2. The summed E-state index contributed by atoms with van der Waals surface area (Å²) < 4.78 is 11.6. The highest BCUT2D eigenvalue weighted by Gasteiger charge is 2.30. The third-order valence-electron chi connectivity index (χ3n) is 2.74. The molecule has 0 saturated heterocycles. The van der Waals surface area contributed by atoms with Crippen molar-refractivity contribution in [3.05, 3.63) is 18.5 Å². The Morgan fingerprint density at radius 3 is 2.22 bits per heavy atom. The van der Waals surface area contributed by atoms with E-state index in [-0.39, 0.29) is 5.96 Å². The number of hydrogen-bond acceptors (Lipinski definition) is 6. The molecular weight excluding hydrogens is 354 g/mol. The van der Waals surface area contributed by atoms with Gasteiger partial charge in [-0.1, -0.05) is 0 Å². The fourth-order valence-corrected chi connectivity index (χ4v) is 1.82. The Morgan fingerprint density at radius 1 is 1.15 bits per heavy atom. The number of aliphatic imine (C=N–C) groups is 1. The number of nitrogens with zero attached hydrogens (tertiary/aromatic N) is 3. The van der Waals surface area contributed by atoms with Gasteiger partial charge in [0.15, 0.2) is 0 Å². The Morgan fingerprint density at radius 2 is 1.74 bits per heavy atom. The van der Waals surface area contributed by atoms with Crippen LogP contribution in [0.15, 0.2) is 23.5 Å². The molecule has 3 N–H and O–H groups in total. The fourth-order valence-electron chi connectivity index (χ4n) is 1.82. The normalized spacial score (nSPS) is 13.6. The van der Waals surface area contributed by atoms with Gasteiger partial charge in [-0.2, -0.15) is 10.1 Å². The second-order valence-corrected chi connectivity index (χ2v) is 7.75. The van der Waals surface area contributed by atoms with Crippen LogP contribution in [0.25, 0.3) is 0 Å². The minimum Gasteiger partial charge on any atom is -0.458 e. The predicted octanol–water partition coefficient (Wildman–Crippen LogP) is 1.20. The maximum atomic E-state index is 12.4. The summed E-state index contributed by atoms with van der Waals surface area (Å²) in [4.78, 5) is 40.2. The maximum Gasteiger partial charge on any atom is 0.408 e. The highest BCUT2D eigenvalue weighted by Crippen LogP contribution is 2.12. The zero-order valence-electron chi connectivity index (χ0n) is 16.5. The number of hydrogen-bond donors (Lipinski definition) is 2. The van der Waals surface area contributed by atoms with E-state index in [9.17, 15) is 14.4 Å². The molecule has 10 nitrogen and oxygen atoms in total. The van der Waals surface area contributed by atoms with Crippen LogP contribution in [0.5, 0.6) is 0 Å². The van der Waals surface area contributed by atoms with Crippen LogP contribution in [0.2, 0.25) is 0 Å². The summed E-state index contributed by atoms with van der Waals surface area (Å²) >= 11 is 0. The van der Waals surface area contributed by atoms with Crippen LogP contribution in [-0.2, 0) is 19.1 Å². The molecule has 0 fully saturated rings. The molecule has 0 aromatic carbocycles. The van der Waals surface area contributed by atoms with Crippen molar-refractivity contribution < 1.29 is 23.9 Å². The van der Waals surface area contributed by atoms with Gasteiger partial charge in [-0.15, -0.1) is 0 Å². The molecule has 0 radical (unpaired) electrons. The molecule has 1 aromatic heterocycles. The van der Waals surface area contributed by atoms with Crippen molar-refractivity contribution in [1.82, 2.24) is 15.1 Å². The van der Waals surface area contributed by atoms with Crippen LogP contribution in [0.4, 0.5) is 4.79 Å². The molecule has 27 heavy (non-hydrogen) atoms. The van der Waals surface area contributed by atoms with Gasteiger partial charge in [0.2, 0.25) is 5.96 Å². The summed E-state index contributed by atoms with van der Waals surface area (Å²) in [5, 5.41) is 6.19. The molecule has 1 rings (SSSR count). The average molecular weight is 381 g/mol. The van der Waals surface area contributed by atoms with Gasteiger partial charge in [0, 0.05) is 12.4 Å². The van der Waals surface area contributed by atoms with Crippen molar-refractivity contribution in [3.8, 4) is 0 Å². The molecule has 10 heteroatoms. The number of rotatable bonds is 4. The Hall–Kier alpha value is -2.91. The van der Waals surface area contributed by atoms with Crippen LogP contribution in [0.3, 0.4) is 0 Å². The SMILES string of the molecule is CC(C)(C)OC(=O)N[C@@H](CC(=O)N=C(N)n1cccn1)C(=O)OC(C)(C)C. The largest absolute Gasteiger partial charge is 0.458 e. The molecule has 1 aromatic rings. The molecule has 0 bridgehead atoms. The number of ether oxygens (including phenoxy) is 2. The van der Waals surface area contributed by atoms with E-state index in [0.29, 0.717) is 0 Å². The minimum absolute atomic E-state index is 0.162. The second kappa shape index (κ2) is 8.65. The first kappa shape index (κ1) is 22.1. The van der Waals surface area contributed by atoms with Crippen molar-refractivity contribution in [1.29, 1.82) is 0 Å². The summed E-state index contributed by atoms with van der Waals surface area (Å²) in [6.45, 7) is 10.0. The van der Waals surface area contributed by atoms with Crippen molar-refractivity contribution in [2.75, 3.05) is 0 Å². The number of carbonyl (C=O) groups is 3. The quantitative estimate of drug-likeness (QED) is 0.454. The number of aromatic nitrogens is 2. The molecule has 2 amide bonds. The van der Waals surface area contributed by atoms with Gasteiger partial charge >= 0.3 is 12.1 Å². The zero-order valence-corrected chi connectivity index (χ0v) is 16.5. The predicted molar refractivity (Wildman–Crippen MR) is 97.9 cm³/mol. The summed E-state index contributed by atoms with van der Waals surface area (Å²) in [6.07, 6.45) is 1.68. The van der Waals surface area contributed by atoms with E-state index in [0.717, 1.165) is 0 Å². The third kappa shape index (κ3) is 8.84. The van der Waals surface area contributed by atoms with E-state index in [1.165, 1.54) is 17.1 Å². The summed E-state index contributed by atoms with van der Waals surface area (Å²) in [7, 11) is 0. The second-order valence-electron chi connectivity index (χ2n) is 7.75. The van der Waals surface area contributed by atoms with E-state index in [1.54, 1.807) is 47.6 Å². The number of nitrogens with one attached hydrogen (secondary N) is 1. The number of alkyl carbamates (subject to hydrolysis) is 1. The van der Waals surface area contributed by atoms with Crippen molar-refractivity contribution in [2.24, 2.45) is 10.7 Å². The van der Waals surface area contributed by atoms with Gasteiger partial charge in [0.05, 0.1) is 6.42 Å². The molecule has 1 heterocycles. The first-order valence-electron chi connectivity index (χ1n) is 8.36. The summed E-state index contributed by atoms with van der Waals surface area (Å²) in [5.74, 6) is -1.67. The molecular formula is C17H27N5O5. The lowest BCUT2D eigenvalue weighted by atomic mass is 10.1. The van der Waals surface area contributed by atoms with Crippen molar-refractivity contribution in [3.63, 3.8) is 0 Å².